The van der Waals surface area contributed by atoms with Crippen molar-refractivity contribution in [2.45, 2.75) is 12.8 Å². The zero-order valence-electron chi connectivity index (χ0n) is 9.91. The van der Waals surface area contributed by atoms with Crippen molar-refractivity contribution >= 4 is 11.4 Å². The van der Waals surface area contributed by atoms with Gasteiger partial charge in [-0.25, -0.2) is 0 Å². The second-order valence-electron chi connectivity index (χ2n) is 4.03. The Labute approximate surface area is 108 Å². The molecule has 0 fully saturated rings. The molecular formula is C14H12F3NO. The highest BCUT2D eigenvalue weighted by molar-refractivity contribution is 5.64. The van der Waals surface area contributed by atoms with E-state index in [1.807, 2.05) is 0 Å². The molecule has 0 saturated carbocycles. The van der Waals surface area contributed by atoms with Gasteiger partial charge < -0.3 is 10.4 Å². The molecule has 0 spiro atoms. The van der Waals surface area contributed by atoms with Crippen molar-refractivity contribution in [3.8, 4) is 0 Å². The third-order valence-corrected chi connectivity index (χ3v) is 2.62. The molecule has 2 N–H and O–H groups in total. The minimum Gasteiger partial charge on any atom is -0.392 e. The van der Waals surface area contributed by atoms with Crippen LogP contribution in [0.15, 0.2) is 48.5 Å². The van der Waals surface area contributed by atoms with Crippen molar-refractivity contribution < 1.29 is 18.3 Å². The largest absolute Gasteiger partial charge is 0.418 e. The zero-order chi connectivity index (χ0) is 13.9. The van der Waals surface area contributed by atoms with Crippen molar-refractivity contribution in [2.24, 2.45) is 0 Å². The van der Waals surface area contributed by atoms with Crippen LogP contribution in [0.5, 0.6) is 0 Å². The molecule has 2 aromatic rings. The van der Waals surface area contributed by atoms with Gasteiger partial charge in [0.15, 0.2) is 0 Å². The van der Waals surface area contributed by atoms with Crippen molar-refractivity contribution in [1.29, 1.82) is 0 Å². The van der Waals surface area contributed by atoms with Crippen molar-refractivity contribution in [3.05, 3.63) is 59.7 Å². The molecule has 0 aromatic heterocycles. The van der Waals surface area contributed by atoms with Crippen molar-refractivity contribution in [2.75, 3.05) is 5.32 Å². The number of hydrogen-bond acceptors (Lipinski definition) is 2. The maximum Gasteiger partial charge on any atom is 0.418 e. The number of aliphatic hydroxyl groups excluding tert-OH is 1. The first-order valence-electron chi connectivity index (χ1n) is 5.64. The van der Waals surface area contributed by atoms with E-state index in [1.165, 1.54) is 18.2 Å². The monoisotopic (exact) mass is 267 g/mol. The van der Waals surface area contributed by atoms with Crippen molar-refractivity contribution in [3.63, 3.8) is 0 Å². The first kappa shape index (κ1) is 13.4. The van der Waals surface area contributed by atoms with Crippen LogP contribution in [0.25, 0.3) is 0 Å². The van der Waals surface area contributed by atoms with Gasteiger partial charge >= 0.3 is 6.18 Å². The Morgan fingerprint density at radius 2 is 1.74 bits per heavy atom. The van der Waals surface area contributed by atoms with Crippen LogP contribution in [0.2, 0.25) is 0 Å². The Bertz CT molecular complexity index is 567. The second kappa shape index (κ2) is 5.32. The van der Waals surface area contributed by atoms with Crippen LogP contribution in [0.4, 0.5) is 24.5 Å². The van der Waals surface area contributed by atoms with Crippen molar-refractivity contribution in [1.82, 2.24) is 0 Å². The summed E-state index contributed by atoms with van der Waals surface area (Å²) in [5.41, 5.74) is 0.409. The number of nitrogens with one attached hydrogen (secondary N) is 1. The zero-order valence-corrected chi connectivity index (χ0v) is 9.91. The van der Waals surface area contributed by atoms with E-state index in [0.717, 1.165) is 6.07 Å². The molecule has 0 aliphatic rings. The lowest BCUT2D eigenvalue weighted by Crippen LogP contribution is -2.08. The van der Waals surface area contributed by atoms with E-state index in [9.17, 15) is 13.2 Å². The molecule has 0 aliphatic carbocycles. The van der Waals surface area contributed by atoms with Gasteiger partial charge in [-0.2, -0.15) is 13.2 Å². The molecule has 0 saturated heterocycles. The fourth-order valence-corrected chi connectivity index (χ4v) is 1.74. The average Bonchev–Trinajstić information content (AvgIpc) is 2.38. The molecule has 0 unspecified atom stereocenters. The van der Waals surface area contributed by atoms with Crippen LogP contribution in [0.1, 0.15) is 11.1 Å². The molecule has 0 bridgehead atoms. The lowest BCUT2D eigenvalue weighted by Gasteiger charge is -2.14. The van der Waals surface area contributed by atoms with E-state index in [2.05, 4.69) is 5.32 Å². The lowest BCUT2D eigenvalue weighted by molar-refractivity contribution is -0.136. The third-order valence-electron chi connectivity index (χ3n) is 2.62. The summed E-state index contributed by atoms with van der Waals surface area (Å²) >= 11 is 0. The second-order valence-corrected chi connectivity index (χ2v) is 4.03. The first-order valence-corrected chi connectivity index (χ1v) is 5.64. The fraction of sp³-hybridized carbons (Fsp3) is 0.143. The van der Waals surface area contributed by atoms with Gasteiger partial charge in [0.2, 0.25) is 0 Å². The summed E-state index contributed by atoms with van der Waals surface area (Å²) in [6.45, 7) is -0.156. The summed E-state index contributed by atoms with van der Waals surface area (Å²) in [5, 5.41) is 11.7. The van der Waals surface area contributed by atoms with Gasteiger partial charge in [0, 0.05) is 5.69 Å². The summed E-state index contributed by atoms with van der Waals surface area (Å²) in [4.78, 5) is 0. The maximum atomic E-state index is 12.8. The Morgan fingerprint density at radius 1 is 1.00 bits per heavy atom. The van der Waals surface area contributed by atoms with E-state index in [4.69, 9.17) is 5.11 Å². The molecule has 5 heteroatoms. The van der Waals surface area contributed by atoms with Gasteiger partial charge in [-0.3, -0.25) is 0 Å². The van der Waals surface area contributed by atoms with Crippen LogP contribution < -0.4 is 5.32 Å². The van der Waals surface area contributed by atoms with Gasteiger partial charge in [0.25, 0.3) is 0 Å². The lowest BCUT2D eigenvalue weighted by atomic mass is 10.1. The first-order chi connectivity index (χ1) is 9.00. The van der Waals surface area contributed by atoms with Gasteiger partial charge in [0.05, 0.1) is 17.9 Å². The number of aliphatic hydroxyl groups is 1. The molecule has 2 nitrogen and oxygen atoms in total. The molecule has 2 aromatic carbocycles. The predicted molar refractivity (Wildman–Crippen MR) is 67.1 cm³/mol. The number of benzene rings is 2. The summed E-state index contributed by atoms with van der Waals surface area (Å²) in [7, 11) is 0. The van der Waals surface area contributed by atoms with Crippen LogP contribution in [0, 0.1) is 0 Å². The molecule has 2 rings (SSSR count). The Balaban J connectivity index is 2.33. The summed E-state index contributed by atoms with van der Waals surface area (Å²) in [5.74, 6) is 0. The molecule has 0 atom stereocenters. The van der Waals surface area contributed by atoms with Crippen LogP contribution in [-0.2, 0) is 12.8 Å². The summed E-state index contributed by atoms with van der Waals surface area (Å²) in [6.07, 6.45) is -4.40. The van der Waals surface area contributed by atoms with Gasteiger partial charge in [0.1, 0.15) is 0 Å². The highest BCUT2D eigenvalue weighted by Crippen LogP contribution is 2.35. The minimum atomic E-state index is -4.40. The molecule has 0 heterocycles. The number of rotatable bonds is 3. The van der Waals surface area contributed by atoms with E-state index >= 15 is 0 Å². The number of anilines is 2. The van der Waals surface area contributed by atoms with Crippen LogP contribution in [0.3, 0.4) is 0 Å². The molecule has 19 heavy (non-hydrogen) atoms. The van der Waals surface area contributed by atoms with Crippen LogP contribution >= 0.6 is 0 Å². The van der Waals surface area contributed by atoms with E-state index in [1.54, 1.807) is 24.3 Å². The minimum absolute atomic E-state index is 0.00918. The Hall–Kier alpha value is -2.01. The normalized spacial score (nSPS) is 11.4. The number of alkyl halides is 3. The summed E-state index contributed by atoms with van der Waals surface area (Å²) < 4.78 is 38.4. The Kier molecular flexibility index (Phi) is 3.76. The predicted octanol–water partition coefficient (Wildman–Crippen LogP) is 3.94. The van der Waals surface area contributed by atoms with E-state index in [0.29, 0.717) is 11.3 Å². The average molecular weight is 267 g/mol. The molecule has 0 aliphatic heterocycles. The van der Waals surface area contributed by atoms with E-state index in [-0.39, 0.29) is 12.3 Å². The number of hydrogen-bond donors (Lipinski definition) is 2. The van der Waals surface area contributed by atoms with Gasteiger partial charge in [-0.1, -0.05) is 24.3 Å². The maximum absolute atomic E-state index is 12.8. The smallest absolute Gasteiger partial charge is 0.392 e. The van der Waals surface area contributed by atoms with E-state index < -0.39 is 11.7 Å². The standard InChI is InChI=1S/C14H12F3NO/c15-14(16,17)12-6-1-2-7-13(12)18-11-5-3-4-10(8-11)9-19/h1-8,18-19H,9H2. The highest BCUT2D eigenvalue weighted by atomic mass is 19.4. The number of halogens is 3. The fourth-order valence-electron chi connectivity index (χ4n) is 1.74. The highest BCUT2D eigenvalue weighted by Gasteiger charge is 2.33. The summed E-state index contributed by atoms with van der Waals surface area (Å²) in [6, 6.07) is 11.9. The SMILES string of the molecule is OCc1cccc(Nc2ccccc2C(F)(F)F)c1. The van der Waals surface area contributed by atoms with Gasteiger partial charge in [-0.15, -0.1) is 0 Å². The van der Waals surface area contributed by atoms with Crippen LogP contribution in [-0.4, -0.2) is 5.11 Å². The Morgan fingerprint density at radius 3 is 2.42 bits per heavy atom. The number of para-hydroxylation sites is 1. The topological polar surface area (TPSA) is 32.3 Å². The van der Waals surface area contributed by atoms with Gasteiger partial charge in [-0.05, 0) is 29.8 Å². The molecular weight excluding hydrogens is 255 g/mol. The molecule has 100 valence electrons. The molecule has 0 radical (unpaired) electrons. The quantitative estimate of drug-likeness (QED) is 0.882. The third kappa shape index (κ3) is 3.26. The molecule has 0 amide bonds.